The van der Waals surface area contributed by atoms with Crippen LogP contribution in [0.1, 0.15) is 16.1 Å². The molecule has 0 saturated carbocycles. The van der Waals surface area contributed by atoms with Crippen molar-refractivity contribution in [3.05, 3.63) is 35.5 Å². The maximum atomic E-state index is 11.7. The maximum Gasteiger partial charge on any atom is 0.263 e. The van der Waals surface area contributed by atoms with Gasteiger partial charge in [0.2, 0.25) is 5.91 Å². The SMILES string of the molecule is Nc1c2c(nn1-c1ccc(O)cc1)CC(=O)NC2=O. The molecule has 0 fully saturated rings. The van der Waals surface area contributed by atoms with E-state index in [0.717, 1.165) is 0 Å². The molecule has 1 aliphatic rings. The molecular weight excluding hydrogens is 248 g/mol. The second-order valence-corrected chi connectivity index (χ2v) is 4.19. The lowest BCUT2D eigenvalue weighted by Gasteiger charge is -2.09. The van der Waals surface area contributed by atoms with Gasteiger partial charge in [-0.1, -0.05) is 0 Å². The minimum absolute atomic E-state index is 0.0242. The first-order valence-corrected chi connectivity index (χ1v) is 5.57. The summed E-state index contributed by atoms with van der Waals surface area (Å²) in [5.74, 6) is -0.639. The van der Waals surface area contributed by atoms with Crippen molar-refractivity contribution in [2.24, 2.45) is 0 Å². The molecule has 0 saturated heterocycles. The Labute approximate surface area is 107 Å². The third-order valence-electron chi connectivity index (χ3n) is 2.90. The van der Waals surface area contributed by atoms with Gasteiger partial charge in [-0.25, -0.2) is 4.68 Å². The van der Waals surface area contributed by atoms with E-state index in [1.54, 1.807) is 12.1 Å². The van der Waals surface area contributed by atoms with Crippen LogP contribution in [0, 0.1) is 0 Å². The van der Waals surface area contributed by atoms with Gasteiger partial charge in [0, 0.05) is 0 Å². The maximum absolute atomic E-state index is 11.7. The number of fused-ring (bicyclic) bond motifs is 1. The highest BCUT2D eigenvalue weighted by molar-refractivity contribution is 6.11. The Kier molecular flexibility index (Phi) is 2.28. The second-order valence-electron chi connectivity index (χ2n) is 4.19. The van der Waals surface area contributed by atoms with Gasteiger partial charge >= 0.3 is 0 Å². The Morgan fingerprint density at radius 3 is 2.63 bits per heavy atom. The standard InChI is InChI=1S/C12H10N4O3/c13-11-10-8(5-9(18)14-12(10)19)15-16(11)6-1-3-7(17)4-2-6/h1-4,17H,5,13H2,(H,14,18,19). The number of carbonyl (C=O) groups is 2. The van der Waals surface area contributed by atoms with Crippen molar-refractivity contribution >= 4 is 17.6 Å². The molecule has 3 rings (SSSR count). The molecule has 2 amide bonds. The molecule has 96 valence electrons. The van der Waals surface area contributed by atoms with Crippen LogP contribution in [-0.2, 0) is 11.2 Å². The van der Waals surface area contributed by atoms with Crippen LogP contribution in [0.3, 0.4) is 0 Å². The van der Waals surface area contributed by atoms with Crippen LogP contribution in [0.2, 0.25) is 0 Å². The highest BCUT2D eigenvalue weighted by Gasteiger charge is 2.29. The molecule has 4 N–H and O–H groups in total. The van der Waals surface area contributed by atoms with Crippen molar-refractivity contribution in [3.63, 3.8) is 0 Å². The van der Waals surface area contributed by atoms with E-state index in [0.29, 0.717) is 11.4 Å². The van der Waals surface area contributed by atoms with Gasteiger partial charge in [-0.15, -0.1) is 0 Å². The zero-order valence-electron chi connectivity index (χ0n) is 9.75. The van der Waals surface area contributed by atoms with Crippen LogP contribution >= 0.6 is 0 Å². The van der Waals surface area contributed by atoms with Crippen LogP contribution < -0.4 is 11.1 Å². The fourth-order valence-corrected chi connectivity index (χ4v) is 2.03. The molecular formula is C12H10N4O3. The van der Waals surface area contributed by atoms with Crippen LogP contribution in [-0.4, -0.2) is 26.7 Å². The molecule has 0 aliphatic carbocycles. The van der Waals surface area contributed by atoms with Crippen molar-refractivity contribution in [1.82, 2.24) is 15.1 Å². The number of amides is 2. The third kappa shape index (κ3) is 1.71. The number of nitrogens with zero attached hydrogens (tertiary/aromatic N) is 2. The number of aromatic hydroxyl groups is 1. The van der Waals surface area contributed by atoms with Gasteiger partial charge in [-0.3, -0.25) is 14.9 Å². The molecule has 0 atom stereocenters. The number of nitrogens with two attached hydrogens (primary N) is 1. The second kappa shape index (κ2) is 3.84. The summed E-state index contributed by atoms with van der Waals surface area (Å²) in [4.78, 5) is 23.0. The number of hydrogen-bond acceptors (Lipinski definition) is 5. The minimum atomic E-state index is -0.534. The van der Waals surface area contributed by atoms with Crippen LogP contribution in [0.15, 0.2) is 24.3 Å². The first-order chi connectivity index (χ1) is 9.06. The summed E-state index contributed by atoms with van der Waals surface area (Å²) in [6.07, 6.45) is 0.0242. The van der Waals surface area contributed by atoms with Crippen LogP contribution in [0.4, 0.5) is 5.82 Å². The van der Waals surface area contributed by atoms with Gasteiger partial charge in [0.25, 0.3) is 5.91 Å². The van der Waals surface area contributed by atoms with E-state index in [9.17, 15) is 14.7 Å². The lowest BCUT2D eigenvalue weighted by atomic mass is 10.1. The number of hydrogen-bond donors (Lipinski definition) is 3. The van der Waals surface area contributed by atoms with Gasteiger partial charge in [-0.2, -0.15) is 5.10 Å². The Bertz CT molecular complexity index is 688. The Balaban J connectivity index is 2.14. The molecule has 2 heterocycles. The number of imide groups is 1. The highest BCUT2D eigenvalue weighted by atomic mass is 16.3. The Morgan fingerprint density at radius 1 is 1.26 bits per heavy atom. The zero-order chi connectivity index (χ0) is 13.6. The summed E-state index contributed by atoms with van der Waals surface area (Å²) >= 11 is 0. The fraction of sp³-hybridized carbons (Fsp3) is 0.0833. The monoisotopic (exact) mass is 258 g/mol. The van der Waals surface area contributed by atoms with Crippen molar-refractivity contribution in [2.45, 2.75) is 6.42 Å². The summed E-state index contributed by atoms with van der Waals surface area (Å²) in [6, 6.07) is 6.20. The van der Waals surface area contributed by atoms with Crippen LogP contribution in [0.25, 0.3) is 5.69 Å². The molecule has 1 aromatic heterocycles. The van der Waals surface area contributed by atoms with E-state index < -0.39 is 11.8 Å². The highest BCUT2D eigenvalue weighted by Crippen LogP contribution is 2.24. The summed E-state index contributed by atoms with van der Waals surface area (Å²) < 4.78 is 1.38. The first kappa shape index (κ1) is 11.3. The molecule has 7 nitrogen and oxygen atoms in total. The fourth-order valence-electron chi connectivity index (χ4n) is 2.03. The van der Waals surface area contributed by atoms with Gasteiger partial charge in [0.15, 0.2) is 0 Å². The minimum Gasteiger partial charge on any atom is -0.508 e. The van der Waals surface area contributed by atoms with E-state index in [4.69, 9.17) is 5.73 Å². The van der Waals surface area contributed by atoms with Gasteiger partial charge in [0.05, 0.1) is 17.8 Å². The summed E-state index contributed by atoms with van der Waals surface area (Å²) in [7, 11) is 0. The molecule has 1 aromatic carbocycles. The largest absolute Gasteiger partial charge is 0.508 e. The quantitative estimate of drug-likeness (QED) is 0.622. The number of benzene rings is 1. The predicted octanol–water partition coefficient (Wildman–Crippen LogP) is -0.0274. The van der Waals surface area contributed by atoms with Gasteiger partial charge < -0.3 is 10.8 Å². The van der Waals surface area contributed by atoms with Gasteiger partial charge in [0.1, 0.15) is 17.1 Å². The lowest BCUT2D eigenvalue weighted by Crippen LogP contribution is -2.37. The summed E-state index contributed by atoms with van der Waals surface area (Å²) in [5.41, 5.74) is 7.09. The normalized spacial score (nSPS) is 14.1. The number of phenols is 1. The van der Waals surface area contributed by atoms with Gasteiger partial charge in [-0.05, 0) is 24.3 Å². The van der Waals surface area contributed by atoms with Crippen molar-refractivity contribution in [3.8, 4) is 11.4 Å². The molecule has 0 unspecified atom stereocenters. The molecule has 2 aromatic rings. The topological polar surface area (TPSA) is 110 Å². The van der Waals surface area contributed by atoms with Crippen molar-refractivity contribution < 1.29 is 14.7 Å². The van der Waals surface area contributed by atoms with E-state index in [1.807, 2.05) is 0 Å². The molecule has 7 heteroatoms. The average Bonchev–Trinajstić information content (AvgIpc) is 2.67. The van der Waals surface area contributed by atoms with E-state index >= 15 is 0 Å². The van der Waals surface area contributed by atoms with E-state index in [2.05, 4.69) is 10.4 Å². The number of anilines is 1. The van der Waals surface area contributed by atoms with Crippen LogP contribution in [0.5, 0.6) is 5.75 Å². The Morgan fingerprint density at radius 2 is 1.95 bits per heavy atom. The molecule has 0 spiro atoms. The third-order valence-corrected chi connectivity index (χ3v) is 2.90. The summed E-state index contributed by atoms with van der Waals surface area (Å²) in [6.45, 7) is 0. The predicted molar refractivity (Wildman–Crippen MR) is 65.8 cm³/mol. The smallest absolute Gasteiger partial charge is 0.263 e. The molecule has 1 aliphatic heterocycles. The molecule has 0 bridgehead atoms. The van der Waals surface area contributed by atoms with E-state index in [1.165, 1.54) is 16.8 Å². The first-order valence-electron chi connectivity index (χ1n) is 5.57. The number of aromatic nitrogens is 2. The zero-order valence-corrected chi connectivity index (χ0v) is 9.75. The van der Waals surface area contributed by atoms with Crippen molar-refractivity contribution in [2.75, 3.05) is 5.73 Å². The number of phenolic OH excluding ortho intramolecular Hbond substituents is 1. The Hall–Kier alpha value is -2.83. The van der Waals surface area contributed by atoms with E-state index in [-0.39, 0.29) is 23.6 Å². The number of rotatable bonds is 1. The van der Waals surface area contributed by atoms with Crippen molar-refractivity contribution in [1.29, 1.82) is 0 Å². The number of carbonyl (C=O) groups excluding carboxylic acids is 2. The molecule has 19 heavy (non-hydrogen) atoms. The lowest BCUT2D eigenvalue weighted by molar-refractivity contribution is -0.119. The average molecular weight is 258 g/mol. The number of nitrogen functional groups attached to an aromatic ring is 1. The number of nitrogens with one attached hydrogen (secondary N) is 1. The summed E-state index contributed by atoms with van der Waals surface area (Å²) in [5, 5.41) is 15.6. The molecule has 0 radical (unpaired) electrons.